The molecule has 1 aromatic heterocycles. The van der Waals surface area contributed by atoms with Crippen molar-refractivity contribution in [3.63, 3.8) is 0 Å². The van der Waals surface area contributed by atoms with Crippen molar-refractivity contribution in [2.75, 3.05) is 5.73 Å². The van der Waals surface area contributed by atoms with Gasteiger partial charge in [0.2, 0.25) is 5.88 Å². The lowest BCUT2D eigenvalue weighted by Crippen LogP contribution is -2.16. The van der Waals surface area contributed by atoms with Gasteiger partial charge in [-0.1, -0.05) is 0 Å². The van der Waals surface area contributed by atoms with Crippen molar-refractivity contribution in [1.82, 2.24) is 4.98 Å². The number of hydrogen-bond acceptors (Lipinski definition) is 4. The molecule has 0 bridgehead atoms. The number of nitrogens with zero attached hydrogens (tertiary/aromatic N) is 1. The zero-order chi connectivity index (χ0) is 14.8. The smallest absolute Gasteiger partial charge is 0.437 e. The van der Waals surface area contributed by atoms with Gasteiger partial charge in [-0.2, -0.15) is 0 Å². The summed E-state index contributed by atoms with van der Waals surface area (Å²) in [5.74, 6) is 0.125. The lowest BCUT2D eigenvalue weighted by atomic mass is 10.3. The minimum absolute atomic E-state index is 0.165. The van der Waals surface area contributed by atoms with E-state index < -0.39 is 6.36 Å². The molecule has 2 N–H and O–H groups in total. The summed E-state index contributed by atoms with van der Waals surface area (Å²) < 4.78 is 45.8. The molecule has 0 aliphatic rings. The molecule has 0 aliphatic heterocycles. The lowest BCUT2D eigenvalue weighted by molar-refractivity contribution is -0.274. The summed E-state index contributed by atoms with van der Waals surface area (Å²) in [6.45, 7) is 0. The molecular weight excluding hydrogens is 341 g/mol. The van der Waals surface area contributed by atoms with Gasteiger partial charge >= 0.3 is 6.36 Å². The topological polar surface area (TPSA) is 57.4 Å². The monoisotopic (exact) mass is 348 g/mol. The van der Waals surface area contributed by atoms with Crippen LogP contribution < -0.4 is 15.2 Å². The number of nitrogens with two attached hydrogens (primary N) is 1. The fraction of sp³-hybridized carbons (Fsp3) is 0.0833. The minimum Gasteiger partial charge on any atom is -0.437 e. The molecule has 0 aliphatic carbocycles. The predicted octanol–water partition coefficient (Wildman–Crippen LogP) is 4.12. The van der Waals surface area contributed by atoms with Crippen LogP contribution in [0.2, 0.25) is 0 Å². The Morgan fingerprint density at radius 2 is 1.70 bits per heavy atom. The third-order valence-electron chi connectivity index (χ3n) is 2.12. The van der Waals surface area contributed by atoms with Gasteiger partial charge in [0, 0.05) is 10.7 Å². The number of halogens is 4. The van der Waals surface area contributed by atoms with Crippen LogP contribution in [0.5, 0.6) is 17.4 Å². The first-order valence-corrected chi connectivity index (χ1v) is 6.07. The quantitative estimate of drug-likeness (QED) is 0.906. The van der Waals surface area contributed by atoms with Crippen LogP contribution in [0.1, 0.15) is 0 Å². The van der Waals surface area contributed by atoms with Crippen molar-refractivity contribution in [1.29, 1.82) is 0 Å². The second-order valence-electron chi connectivity index (χ2n) is 3.67. The van der Waals surface area contributed by atoms with Gasteiger partial charge in [0.05, 0.1) is 5.69 Å². The van der Waals surface area contributed by atoms with Crippen LogP contribution in [-0.2, 0) is 0 Å². The van der Waals surface area contributed by atoms with Crippen LogP contribution in [0.15, 0.2) is 41.0 Å². The minimum atomic E-state index is -4.72. The van der Waals surface area contributed by atoms with Gasteiger partial charge in [-0.25, -0.2) is 4.98 Å². The first-order valence-electron chi connectivity index (χ1n) is 5.28. The fourth-order valence-corrected chi connectivity index (χ4v) is 1.70. The van der Waals surface area contributed by atoms with E-state index in [0.29, 0.717) is 15.9 Å². The molecule has 2 aromatic rings. The van der Waals surface area contributed by atoms with Gasteiger partial charge in [-0.05, 0) is 46.3 Å². The van der Waals surface area contributed by atoms with Crippen LogP contribution in [0.25, 0.3) is 0 Å². The molecule has 0 fully saturated rings. The van der Waals surface area contributed by atoms with Crippen LogP contribution in [0.3, 0.4) is 0 Å². The Hall–Kier alpha value is -1.96. The molecule has 2 rings (SSSR count). The number of nitrogen functional groups attached to an aromatic ring is 1. The molecule has 0 saturated heterocycles. The number of hydrogen-bond donors (Lipinski definition) is 1. The number of alkyl halides is 3. The Labute approximate surface area is 120 Å². The molecule has 0 radical (unpaired) electrons. The highest BCUT2D eigenvalue weighted by Crippen LogP contribution is 2.29. The second-order valence-corrected chi connectivity index (χ2v) is 4.58. The largest absolute Gasteiger partial charge is 0.573 e. The van der Waals surface area contributed by atoms with Gasteiger partial charge in [-0.3, -0.25) is 0 Å². The van der Waals surface area contributed by atoms with E-state index in [0.717, 1.165) is 12.1 Å². The predicted molar refractivity (Wildman–Crippen MR) is 69.5 cm³/mol. The van der Waals surface area contributed by atoms with Crippen LogP contribution in [-0.4, -0.2) is 11.3 Å². The molecule has 0 unspecified atom stereocenters. The summed E-state index contributed by atoms with van der Waals surface area (Å²) >= 11 is 3.20. The zero-order valence-electron chi connectivity index (χ0n) is 9.82. The van der Waals surface area contributed by atoms with Gasteiger partial charge in [-0.15, -0.1) is 13.2 Å². The molecule has 8 heteroatoms. The average molecular weight is 349 g/mol. The van der Waals surface area contributed by atoms with Gasteiger partial charge in [0.1, 0.15) is 11.5 Å². The summed E-state index contributed by atoms with van der Waals surface area (Å²) in [6, 6.07) is 6.52. The van der Waals surface area contributed by atoms with Crippen molar-refractivity contribution in [2.45, 2.75) is 6.36 Å². The van der Waals surface area contributed by atoms with Crippen molar-refractivity contribution >= 4 is 21.6 Å². The highest BCUT2D eigenvalue weighted by molar-refractivity contribution is 9.10. The molecule has 0 saturated carbocycles. The van der Waals surface area contributed by atoms with E-state index in [1.165, 1.54) is 18.3 Å². The van der Waals surface area contributed by atoms with Crippen molar-refractivity contribution in [3.05, 3.63) is 41.0 Å². The Bertz CT molecular complexity index is 603. The molecule has 1 aromatic carbocycles. The Kier molecular flexibility index (Phi) is 4.03. The second kappa shape index (κ2) is 5.58. The Morgan fingerprint density at radius 3 is 2.25 bits per heavy atom. The molecule has 1 heterocycles. The van der Waals surface area contributed by atoms with Gasteiger partial charge in [0.25, 0.3) is 0 Å². The third-order valence-corrected chi connectivity index (χ3v) is 2.55. The van der Waals surface area contributed by atoms with E-state index in [4.69, 9.17) is 10.5 Å². The molecule has 106 valence electrons. The summed E-state index contributed by atoms with van der Waals surface area (Å²) in [4.78, 5) is 3.95. The first kappa shape index (κ1) is 14.4. The highest BCUT2D eigenvalue weighted by atomic mass is 79.9. The van der Waals surface area contributed by atoms with Crippen LogP contribution >= 0.6 is 15.9 Å². The van der Waals surface area contributed by atoms with E-state index >= 15 is 0 Å². The Balaban J connectivity index is 2.11. The van der Waals surface area contributed by atoms with E-state index in [2.05, 4.69) is 25.7 Å². The summed E-state index contributed by atoms with van der Waals surface area (Å²) in [5, 5.41) is 0. The fourth-order valence-electron chi connectivity index (χ4n) is 1.35. The Morgan fingerprint density at radius 1 is 1.10 bits per heavy atom. The van der Waals surface area contributed by atoms with Crippen molar-refractivity contribution < 1.29 is 22.6 Å². The van der Waals surface area contributed by atoms with E-state index in [1.54, 1.807) is 6.07 Å². The third kappa shape index (κ3) is 4.02. The maximum absolute atomic E-state index is 12.0. The summed E-state index contributed by atoms with van der Waals surface area (Å²) in [5.41, 5.74) is 5.99. The standard InChI is InChI=1S/C12H8BrF3N2O2/c13-7-5-10(17)11(18-6-7)19-8-1-3-9(4-2-8)20-12(14,15)16/h1-6H,17H2. The summed E-state index contributed by atoms with van der Waals surface area (Å²) in [7, 11) is 0. The van der Waals surface area contributed by atoms with Gasteiger partial charge < -0.3 is 15.2 Å². The molecule has 0 atom stereocenters. The van der Waals surface area contributed by atoms with Crippen molar-refractivity contribution in [3.8, 4) is 17.4 Å². The maximum atomic E-state index is 12.0. The van der Waals surface area contributed by atoms with Gasteiger partial charge in [0.15, 0.2) is 0 Å². The number of ether oxygens (including phenoxy) is 2. The molecule has 0 spiro atoms. The normalized spacial score (nSPS) is 11.2. The molecule has 0 amide bonds. The average Bonchev–Trinajstić information content (AvgIpc) is 2.33. The van der Waals surface area contributed by atoms with E-state index in [9.17, 15) is 13.2 Å². The summed E-state index contributed by atoms with van der Waals surface area (Å²) in [6.07, 6.45) is -3.23. The zero-order valence-corrected chi connectivity index (χ0v) is 11.4. The number of benzene rings is 1. The number of pyridine rings is 1. The van der Waals surface area contributed by atoms with Crippen molar-refractivity contribution in [2.24, 2.45) is 0 Å². The van der Waals surface area contributed by atoms with E-state index in [-0.39, 0.29) is 11.6 Å². The van der Waals surface area contributed by atoms with E-state index in [1.807, 2.05) is 0 Å². The lowest BCUT2D eigenvalue weighted by Gasteiger charge is -2.10. The van der Waals surface area contributed by atoms with Crippen LogP contribution in [0.4, 0.5) is 18.9 Å². The molecule has 20 heavy (non-hydrogen) atoms. The number of anilines is 1. The number of aromatic nitrogens is 1. The SMILES string of the molecule is Nc1cc(Br)cnc1Oc1ccc(OC(F)(F)F)cc1. The maximum Gasteiger partial charge on any atom is 0.573 e. The highest BCUT2D eigenvalue weighted by Gasteiger charge is 2.30. The van der Waals surface area contributed by atoms with Crippen LogP contribution in [0, 0.1) is 0 Å². The molecular formula is C12H8BrF3N2O2. The number of rotatable bonds is 3. The first-order chi connectivity index (χ1) is 9.33. The molecule has 4 nitrogen and oxygen atoms in total.